The van der Waals surface area contributed by atoms with E-state index in [-0.39, 0.29) is 36.9 Å². The molecule has 0 aromatic rings. The molecule has 16 heavy (non-hydrogen) atoms. The van der Waals surface area contributed by atoms with Gasteiger partial charge in [-0.2, -0.15) is 0 Å². The molecule has 0 saturated carbocycles. The predicted octanol–water partition coefficient (Wildman–Crippen LogP) is 1.22. The van der Waals surface area contributed by atoms with Crippen LogP contribution in [-0.2, 0) is 0 Å². The number of nitrogens with zero attached hydrogens (tertiary/aromatic N) is 1. The van der Waals surface area contributed by atoms with E-state index in [1.165, 1.54) is 0 Å². The Kier molecular flexibility index (Phi) is 8.04. The summed E-state index contributed by atoms with van der Waals surface area (Å²) in [6, 6.07) is -0.104. The van der Waals surface area contributed by atoms with Gasteiger partial charge in [-0.25, -0.2) is 0 Å². The molecule has 0 aromatic carbocycles. The summed E-state index contributed by atoms with van der Waals surface area (Å²) in [5.41, 5.74) is 4.97. The van der Waals surface area contributed by atoms with Crippen LogP contribution in [0, 0.1) is 0 Å². The molecule has 1 heterocycles. The van der Waals surface area contributed by atoms with Crippen molar-refractivity contribution in [2.24, 2.45) is 10.7 Å². The van der Waals surface area contributed by atoms with Gasteiger partial charge in [0.1, 0.15) is 5.84 Å². The summed E-state index contributed by atoms with van der Waals surface area (Å²) in [6.07, 6.45) is 4.40. The molecule has 96 valence electrons. The third-order valence-corrected chi connectivity index (χ3v) is 2.30. The maximum atomic E-state index is 9.66. The summed E-state index contributed by atoms with van der Waals surface area (Å²) < 4.78 is 0. The van der Waals surface area contributed by atoms with Crippen molar-refractivity contribution in [3.8, 4) is 0 Å². The van der Waals surface area contributed by atoms with E-state index in [4.69, 9.17) is 5.73 Å². The van der Waals surface area contributed by atoms with E-state index >= 15 is 0 Å². The van der Waals surface area contributed by atoms with E-state index in [9.17, 15) is 5.11 Å². The monoisotopic (exact) mass is 269 g/mol. The van der Waals surface area contributed by atoms with Crippen LogP contribution in [0.2, 0.25) is 0 Å². The lowest BCUT2D eigenvalue weighted by molar-refractivity contribution is 0.0541. The standard InChI is InChI=1S/C10H19N3O.2ClH/c1-7-4-5-12-9(13-7)6-8(11)10(2,3)14;;/h4-5,7-8,14H,6,11H2,1-3H3,(H,12,13);2*1H/t7?,8-;;/m1../s1. The second-order valence-corrected chi connectivity index (χ2v) is 4.28. The molecule has 4 nitrogen and oxygen atoms in total. The number of aliphatic imine (C=N–C) groups is 1. The molecule has 1 rings (SSSR count). The molecule has 1 aliphatic heterocycles. The summed E-state index contributed by atoms with van der Waals surface area (Å²) in [5.74, 6) is 0.842. The van der Waals surface area contributed by atoms with Gasteiger partial charge in [-0.05, 0) is 26.8 Å². The minimum absolute atomic E-state index is 0. The fourth-order valence-electron chi connectivity index (χ4n) is 1.18. The average Bonchev–Trinajstić information content (AvgIpc) is 2.02. The molecular formula is C10H21Cl2N3O. The lowest BCUT2D eigenvalue weighted by Gasteiger charge is -2.27. The first-order valence-electron chi connectivity index (χ1n) is 4.87. The first-order chi connectivity index (χ1) is 6.39. The number of nitrogens with one attached hydrogen (secondary N) is 1. The number of nitrogens with two attached hydrogens (primary N) is 1. The van der Waals surface area contributed by atoms with Gasteiger partial charge >= 0.3 is 0 Å². The second-order valence-electron chi connectivity index (χ2n) is 4.28. The molecule has 0 aromatic heterocycles. The Morgan fingerprint density at radius 2 is 2.12 bits per heavy atom. The number of rotatable bonds is 3. The van der Waals surface area contributed by atoms with E-state index < -0.39 is 5.60 Å². The van der Waals surface area contributed by atoms with Gasteiger partial charge in [-0.3, -0.25) is 4.99 Å². The van der Waals surface area contributed by atoms with Crippen LogP contribution < -0.4 is 11.1 Å². The Morgan fingerprint density at radius 1 is 1.56 bits per heavy atom. The van der Waals surface area contributed by atoms with E-state index in [1.54, 1.807) is 13.8 Å². The Hall–Kier alpha value is -0.290. The topological polar surface area (TPSA) is 70.6 Å². The molecular weight excluding hydrogens is 249 g/mol. The van der Waals surface area contributed by atoms with Gasteiger partial charge in [-0.15, -0.1) is 24.8 Å². The van der Waals surface area contributed by atoms with Gasteiger partial charge in [0.25, 0.3) is 0 Å². The van der Waals surface area contributed by atoms with Crippen LogP contribution in [0.15, 0.2) is 17.3 Å². The van der Waals surface area contributed by atoms with Crippen molar-refractivity contribution in [3.63, 3.8) is 0 Å². The molecule has 6 heteroatoms. The molecule has 0 aliphatic carbocycles. The van der Waals surface area contributed by atoms with Gasteiger partial charge in [-0.1, -0.05) is 0 Å². The molecule has 0 saturated heterocycles. The predicted molar refractivity (Wildman–Crippen MR) is 72.6 cm³/mol. The Labute approximate surface area is 109 Å². The number of amidine groups is 1. The van der Waals surface area contributed by atoms with Gasteiger partial charge < -0.3 is 16.2 Å². The lowest BCUT2D eigenvalue weighted by atomic mass is 9.96. The van der Waals surface area contributed by atoms with E-state index in [2.05, 4.69) is 10.3 Å². The second kappa shape index (κ2) is 7.12. The van der Waals surface area contributed by atoms with Crippen molar-refractivity contribution in [1.82, 2.24) is 5.32 Å². The van der Waals surface area contributed by atoms with Crippen molar-refractivity contribution in [2.45, 2.75) is 44.9 Å². The highest BCUT2D eigenvalue weighted by Crippen LogP contribution is 2.11. The van der Waals surface area contributed by atoms with Crippen LogP contribution in [-0.4, -0.2) is 28.6 Å². The zero-order valence-electron chi connectivity index (χ0n) is 9.80. The van der Waals surface area contributed by atoms with Crippen LogP contribution in [0.25, 0.3) is 0 Å². The summed E-state index contributed by atoms with van der Waals surface area (Å²) in [7, 11) is 0. The maximum Gasteiger partial charge on any atom is 0.103 e. The smallest absolute Gasteiger partial charge is 0.103 e. The van der Waals surface area contributed by atoms with Crippen LogP contribution in [0.1, 0.15) is 27.2 Å². The van der Waals surface area contributed by atoms with Crippen LogP contribution in [0.4, 0.5) is 0 Å². The third kappa shape index (κ3) is 5.70. The van der Waals surface area contributed by atoms with Crippen LogP contribution >= 0.6 is 24.8 Å². The largest absolute Gasteiger partial charge is 0.389 e. The maximum absolute atomic E-state index is 9.66. The molecule has 0 amide bonds. The first kappa shape index (κ1) is 18.1. The highest BCUT2D eigenvalue weighted by molar-refractivity contribution is 5.85. The molecule has 4 N–H and O–H groups in total. The normalized spacial score (nSPS) is 21.1. The molecule has 0 spiro atoms. The first-order valence-corrected chi connectivity index (χ1v) is 4.87. The number of halogens is 2. The molecule has 0 fully saturated rings. The minimum atomic E-state index is -0.866. The quantitative estimate of drug-likeness (QED) is 0.722. The highest BCUT2D eigenvalue weighted by atomic mass is 35.5. The lowest BCUT2D eigenvalue weighted by Crippen LogP contribution is -2.46. The van der Waals surface area contributed by atoms with Gasteiger partial charge in [0.2, 0.25) is 0 Å². The third-order valence-electron chi connectivity index (χ3n) is 2.30. The number of hydrogen-bond donors (Lipinski definition) is 3. The Bertz CT molecular complexity index is 261. The van der Waals surface area contributed by atoms with Crippen molar-refractivity contribution >= 4 is 30.6 Å². The van der Waals surface area contributed by atoms with Crippen molar-refractivity contribution in [1.29, 1.82) is 0 Å². The molecule has 1 aliphatic rings. The Morgan fingerprint density at radius 3 is 2.56 bits per heavy atom. The van der Waals surface area contributed by atoms with Gasteiger partial charge in [0.15, 0.2) is 0 Å². The summed E-state index contributed by atoms with van der Waals surface area (Å²) >= 11 is 0. The van der Waals surface area contributed by atoms with Crippen LogP contribution in [0.3, 0.4) is 0 Å². The van der Waals surface area contributed by atoms with Crippen LogP contribution in [0.5, 0.6) is 0 Å². The number of aliphatic hydroxyl groups is 1. The molecule has 0 bridgehead atoms. The van der Waals surface area contributed by atoms with E-state index in [0.29, 0.717) is 6.42 Å². The SMILES string of the molecule is CC1C=CNC(C[C@@H](N)C(C)(C)O)=N1.Cl.Cl. The fraction of sp³-hybridized carbons (Fsp3) is 0.700. The van der Waals surface area contributed by atoms with Crippen molar-refractivity contribution in [3.05, 3.63) is 12.3 Å². The minimum Gasteiger partial charge on any atom is -0.389 e. The number of hydrogen-bond acceptors (Lipinski definition) is 4. The Balaban J connectivity index is 0. The van der Waals surface area contributed by atoms with E-state index in [1.807, 2.05) is 19.2 Å². The molecule has 2 atom stereocenters. The summed E-state index contributed by atoms with van der Waals surface area (Å²) in [5, 5.41) is 12.7. The summed E-state index contributed by atoms with van der Waals surface area (Å²) in [6.45, 7) is 5.42. The molecule has 1 unspecified atom stereocenters. The zero-order chi connectivity index (χ0) is 10.8. The van der Waals surface area contributed by atoms with Crippen molar-refractivity contribution < 1.29 is 5.11 Å². The van der Waals surface area contributed by atoms with Gasteiger partial charge in [0, 0.05) is 18.7 Å². The molecule has 0 radical (unpaired) electrons. The van der Waals surface area contributed by atoms with Crippen molar-refractivity contribution in [2.75, 3.05) is 0 Å². The van der Waals surface area contributed by atoms with E-state index in [0.717, 1.165) is 5.84 Å². The highest BCUT2D eigenvalue weighted by Gasteiger charge is 2.24. The summed E-state index contributed by atoms with van der Waals surface area (Å²) in [4.78, 5) is 4.36. The zero-order valence-corrected chi connectivity index (χ0v) is 11.4. The fourth-order valence-corrected chi connectivity index (χ4v) is 1.18. The van der Waals surface area contributed by atoms with Gasteiger partial charge in [0.05, 0.1) is 11.6 Å². The average molecular weight is 270 g/mol.